The zero-order valence-corrected chi connectivity index (χ0v) is 19.3. The Morgan fingerprint density at radius 2 is 2.06 bits per heavy atom. The predicted molar refractivity (Wildman–Crippen MR) is 120 cm³/mol. The van der Waals surface area contributed by atoms with Gasteiger partial charge in [-0.25, -0.2) is 8.42 Å². The molecule has 1 fully saturated rings. The predicted octanol–water partition coefficient (Wildman–Crippen LogP) is 0.257. The summed E-state index contributed by atoms with van der Waals surface area (Å²) in [4.78, 5) is 25.6. The van der Waals surface area contributed by atoms with Gasteiger partial charge in [-0.15, -0.1) is 0 Å². The number of aryl methyl sites for hydroxylation is 1. The Morgan fingerprint density at radius 1 is 1.30 bits per heavy atom. The SMILES string of the molecule is Cc1ccc(S(=O)(=O)N2CCNC(=O)[C@H]2CC(=O)NC2CCCc3c2cnn3CCO)cc1. The van der Waals surface area contributed by atoms with Crippen molar-refractivity contribution >= 4 is 21.8 Å². The molecule has 2 aromatic rings. The lowest BCUT2D eigenvalue weighted by Gasteiger charge is -2.34. The summed E-state index contributed by atoms with van der Waals surface area (Å²) in [6, 6.07) is 5.06. The second-order valence-corrected chi connectivity index (χ2v) is 10.3. The Morgan fingerprint density at radius 3 is 2.79 bits per heavy atom. The lowest BCUT2D eigenvalue weighted by atomic mass is 9.92. The first kappa shape index (κ1) is 23.4. The molecular formula is C22H29N5O5S. The van der Waals surface area contributed by atoms with E-state index in [0.717, 1.165) is 40.4 Å². The topological polar surface area (TPSA) is 134 Å². The number of piperazine rings is 1. The number of rotatable bonds is 7. The van der Waals surface area contributed by atoms with E-state index in [-0.39, 0.29) is 37.1 Å². The fraction of sp³-hybridized carbons (Fsp3) is 0.500. The molecule has 2 aliphatic rings. The molecule has 0 radical (unpaired) electrons. The second-order valence-electron chi connectivity index (χ2n) is 8.45. The number of aliphatic hydroxyl groups is 1. The third kappa shape index (κ3) is 4.80. The van der Waals surface area contributed by atoms with Crippen LogP contribution in [-0.2, 0) is 32.6 Å². The van der Waals surface area contributed by atoms with Crippen molar-refractivity contribution in [3.63, 3.8) is 0 Å². The van der Waals surface area contributed by atoms with E-state index in [1.54, 1.807) is 23.0 Å². The van der Waals surface area contributed by atoms with Gasteiger partial charge in [0.05, 0.1) is 36.7 Å². The summed E-state index contributed by atoms with van der Waals surface area (Å²) >= 11 is 0. The number of benzene rings is 1. The van der Waals surface area contributed by atoms with E-state index in [1.165, 1.54) is 12.1 Å². The number of sulfonamides is 1. The molecule has 178 valence electrons. The highest BCUT2D eigenvalue weighted by atomic mass is 32.2. The van der Waals surface area contributed by atoms with E-state index in [0.29, 0.717) is 6.54 Å². The summed E-state index contributed by atoms with van der Waals surface area (Å²) in [5, 5.41) is 19.2. The monoisotopic (exact) mass is 475 g/mol. The molecule has 1 aromatic carbocycles. The van der Waals surface area contributed by atoms with Gasteiger partial charge in [-0.3, -0.25) is 14.3 Å². The molecule has 0 bridgehead atoms. The molecule has 2 heterocycles. The Kier molecular flexibility index (Phi) is 6.82. The third-order valence-electron chi connectivity index (χ3n) is 6.20. The van der Waals surface area contributed by atoms with E-state index < -0.39 is 27.9 Å². The number of hydrogen-bond acceptors (Lipinski definition) is 6. The summed E-state index contributed by atoms with van der Waals surface area (Å²) in [6.07, 6.45) is 3.83. The molecule has 0 saturated carbocycles. The average Bonchev–Trinajstić information content (AvgIpc) is 3.19. The van der Waals surface area contributed by atoms with Crippen LogP contribution >= 0.6 is 0 Å². The Balaban J connectivity index is 1.50. The molecule has 4 rings (SSSR count). The van der Waals surface area contributed by atoms with Crippen molar-refractivity contribution in [2.75, 3.05) is 19.7 Å². The van der Waals surface area contributed by atoms with E-state index >= 15 is 0 Å². The van der Waals surface area contributed by atoms with Crippen LogP contribution in [0.4, 0.5) is 0 Å². The van der Waals surface area contributed by atoms with Gasteiger partial charge in [0.25, 0.3) is 0 Å². The molecule has 2 amide bonds. The normalized spacial score (nSPS) is 21.3. The maximum atomic E-state index is 13.2. The van der Waals surface area contributed by atoms with Gasteiger partial charge in [-0.2, -0.15) is 9.40 Å². The molecule has 1 unspecified atom stereocenters. The first-order valence-electron chi connectivity index (χ1n) is 11.1. The van der Waals surface area contributed by atoms with Crippen molar-refractivity contribution in [3.05, 3.63) is 47.3 Å². The van der Waals surface area contributed by atoms with E-state index in [1.807, 2.05) is 6.92 Å². The van der Waals surface area contributed by atoms with Gasteiger partial charge in [0.15, 0.2) is 0 Å². The first-order valence-corrected chi connectivity index (χ1v) is 12.6. The average molecular weight is 476 g/mol. The lowest BCUT2D eigenvalue weighted by molar-refractivity contribution is -0.132. The smallest absolute Gasteiger partial charge is 0.243 e. The van der Waals surface area contributed by atoms with Crippen LogP contribution in [0.15, 0.2) is 35.4 Å². The van der Waals surface area contributed by atoms with Gasteiger partial charge >= 0.3 is 0 Å². The second kappa shape index (κ2) is 9.62. The number of carbonyl (C=O) groups excluding carboxylic acids is 2. The van der Waals surface area contributed by atoms with E-state index in [9.17, 15) is 23.1 Å². The number of aromatic nitrogens is 2. The minimum Gasteiger partial charge on any atom is -0.394 e. The Hall–Kier alpha value is -2.76. The maximum absolute atomic E-state index is 13.2. The first-order chi connectivity index (χ1) is 15.8. The van der Waals surface area contributed by atoms with Gasteiger partial charge in [0.1, 0.15) is 6.04 Å². The highest BCUT2D eigenvalue weighted by Crippen LogP contribution is 2.30. The molecule has 1 aliphatic heterocycles. The molecule has 2 atom stereocenters. The van der Waals surface area contributed by atoms with Crippen molar-refractivity contribution in [2.45, 2.75) is 56.1 Å². The molecule has 11 heteroatoms. The number of fused-ring (bicyclic) bond motifs is 1. The summed E-state index contributed by atoms with van der Waals surface area (Å²) in [6.45, 7) is 2.53. The van der Waals surface area contributed by atoms with Crippen molar-refractivity contribution in [1.82, 2.24) is 24.7 Å². The van der Waals surface area contributed by atoms with Gasteiger partial charge in [0.2, 0.25) is 21.8 Å². The Bertz CT molecular complexity index is 1130. The maximum Gasteiger partial charge on any atom is 0.243 e. The van der Waals surface area contributed by atoms with Crippen molar-refractivity contribution in [2.24, 2.45) is 0 Å². The minimum absolute atomic E-state index is 0.0206. The third-order valence-corrected chi connectivity index (χ3v) is 8.12. The summed E-state index contributed by atoms with van der Waals surface area (Å²) in [5.41, 5.74) is 2.82. The van der Waals surface area contributed by atoms with Gasteiger partial charge < -0.3 is 15.7 Å². The van der Waals surface area contributed by atoms with Crippen LogP contribution in [0.3, 0.4) is 0 Å². The van der Waals surface area contributed by atoms with Crippen LogP contribution in [0, 0.1) is 6.92 Å². The molecule has 1 saturated heterocycles. The fourth-order valence-electron chi connectivity index (χ4n) is 4.51. The van der Waals surface area contributed by atoms with Crippen molar-refractivity contribution < 1.29 is 23.1 Å². The number of carbonyl (C=O) groups is 2. The fourth-order valence-corrected chi connectivity index (χ4v) is 6.09. The molecule has 33 heavy (non-hydrogen) atoms. The standard InChI is InChI=1S/C22H29N5O5S/c1-15-5-7-16(8-6-15)33(31,32)27-10-9-23-22(30)20(27)13-21(29)25-18-3-2-4-19-17(18)14-24-26(19)11-12-28/h5-8,14,18,20,28H,2-4,9-13H2,1H3,(H,23,30)(H,25,29)/t18?,20-/m1/s1. The van der Waals surface area contributed by atoms with Gasteiger partial charge in [0, 0.05) is 24.3 Å². The van der Waals surface area contributed by atoms with Crippen LogP contribution in [0.5, 0.6) is 0 Å². The summed E-state index contributed by atoms with van der Waals surface area (Å²) < 4.78 is 29.3. The van der Waals surface area contributed by atoms with Gasteiger partial charge in [-0.05, 0) is 38.3 Å². The van der Waals surface area contributed by atoms with Crippen molar-refractivity contribution in [1.29, 1.82) is 0 Å². The zero-order valence-electron chi connectivity index (χ0n) is 18.5. The molecule has 0 spiro atoms. The molecule has 1 aromatic heterocycles. The highest BCUT2D eigenvalue weighted by molar-refractivity contribution is 7.89. The summed E-state index contributed by atoms with van der Waals surface area (Å²) in [5.74, 6) is -0.874. The number of amides is 2. The van der Waals surface area contributed by atoms with E-state index in [2.05, 4.69) is 15.7 Å². The number of hydrogen-bond donors (Lipinski definition) is 3. The lowest BCUT2D eigenvalue weighted by Crippen LogP contribution is -2.58. The molecule has 1 aliphatic carbocycles. The van der Waals surface area contributed by atoms with Crippen LogP contribution in [0.25, 0.3) is 0 Å². The quantitative estimate of drug-likeness (QED) is 0.526. The minimum atomic E-state index is -3.94. The highest BCUT2D eigenvalue weighted by Gasteiger charge is 2.40. The molecule has 10 nitrogen and oxygen atoms in total. The van der Waals surface area contributed by atoms with Crippen LogP contribution in [0.1, 0.15) is 42.1 Å². The number of aliphatic hydroxyl groups excluding tert-OH is 1. The van der Waals surface area contributed by atoms with Crippen LogP contribution in [-0.4, -0.2) is 65.2 Å². The zero-order chi connectivity index (χ0) is 23.6. The Labute approximate surface area is 193 Å². The van der Waals surface area contributed by atoms with E-state index in [4.69, 9.17) is 0 Å². The number of nitrogens with zero attached hydrogens (tertiary/aromatic N) is 3. The summed E-state index contributed by atoms with van der Waals surface area (Å²) in [7, 11) is -3.94. The number of nitrogens with one attached hydrogen (secondary N) is 2. The van der Waals surface area contributed by atoms with Crippen molar-refractivity contribution in [3.8, 4) is 0 Å². The molecule has 3 N–H and O–H groups in total. The van der Waals surface area contributed by atoms with Crippen LogP contribution < -0.4 is 10.6 Å². The van der Waals surface area contributed by atoms with Gasteiger partial charge in [-0.1, -0.05) is 17.7 Å². The molecular weight excluding hydrogens is 446 g/mol. The van der Waals surface area contributed by atoms with Crippen LogP contribution in [0.2, 0.25) is 0 Å². The largest absolute Gasteiger partial charge is 0.394 e.